The van der Waals surface area contributed by atoms with Crippen LogP contribution in [-0.4, -0.2) is 56.4 Å². The third-order valence-electron chi connectivity index (χ3n) is 5.70. The van der Waals surface area contributed by atoms with E-state index in [1.165, 1.54) is 21.9 Å². The van der Waals surface area contributed by atoms with Gasteiger partial charge in [0.05, 0.1) is 23.4 Å². The van der Waals surface area contributed by atoms with Crippen LogP contribution in [0.3, 0.4) is 0 Å². The SMILES string of the molecule is CC1CN(Cc2ccc3cn[nH]c3c2)CCN(Cc2ccc3cn[nH]c3c2)C1. The predicted octanol–water partition coefficient (Wildman–Crippen LogP) is 3.39. The third kappa shape index (κ3) is 3.66. The Bertz CT molecular complexity index is 995. The molecule has 4 aromatic rings. The van der Waals surface area contributed by atoms with Gasteiger partial charge in [-0.3, -0.25) is 20.0 Å². The van der Waals surface area contributed by atoms with Crippen molar-refractivity contribution in [2.45, 2.75) is 20.0 Å². The smallest absolute Gasteiger partial charge is 0.0653 e. The zero-order valence-corrected chi connectivity index (χ0v) is 16.2. The molecule has 2 N–H and O–H groups in total. The van der Waals surface area contributed by atoms with Gasteiger partial charge in [0.1, 0.15) is 0 Å². The van der Waals surface area contributed by atoms with Crippen LogP contribution in [0, 0.1) is 5.92 Å². The molecule has 0 radical (unpaired) electrons. The van der Waals surface area contributed by atoms with E-state index in [-0.39, 0.29) is 0 Å². The maximum absolute atomic E-state index is 4.13. The van der Waals surface area contributed by atoms with Crippen molar-refractivity contribution in [3.8, 4) is 0 Å². The van der Waals surface area contributed by atoms with Crippen molar-refractivity contribution in [1.82, 2.24) is 30.2 Å². The second kappa shape index (κ2) is 7.37. The van der Waals surface area contributed by atoms with Crippen molar-refractivity contribution >= 4 is 21.8 Å². The summed E-state index contributed by atoms with van der Waals surface area (Å²) in [5.74, 6) is 0.647. The van der Waals surface area contributed by atoms with E-state index in [9.17, 15) is 0 Å². The lowest BCUT2D eigenvalue weighted by atomic mass is 10.1. The number of aromatic nitrogens is 4. The summed E-state index contributed by atoms with van der Waals surface area (Å²) in [6.07, 6.45) is 3.76. The van der Waals surface area contributed by atoms with Crippen LogP contribution in [-0.2, 0) is 13.1 Å². The molecule has 3 heterocycles. The van der Waals surface area contributed by atoms with E-state index >= 15 is 0 Å². The Labute approximate surface area is 164 Å². The average Bonchev–Trinajstić information content (AvgIpc) is 3.30. The van der Waals surface area contributed by atoms with Crippen molar-refractivity contribution < 1.29 is 0 Å². The Balaban J connectivity index is 1.25. The van der Waals surface area contributed by atoms with E-state index in [0.717, 1.165) is 50.3 Å². The van der Waals surface area contributed by atoms with Crippen molar-refractivity contribution in [3.05, 3.63) is 59.9 Å². The van der Waals surface area contributed by atoms with Gasteiger partial charge in [-0.05, 0) is 29.2 Å². The topological polar surface area (TPSA) is 63.8 Å². The summed E-state index contributed by atoms with van der Waals surface area (Å²) in [7, 11) is 0. The molecule has 6 heteroatoms. The first kappa shape index (κ1) is 17.4. The number of hydrogen-bond acceptors (Lipinski definition) is 4. The van der Waals surface area contributed by atoms with Crippen molar-refractivity contribution in [2.75, 3.05) is 26.2 Å². The number of fused-ring (bicyclic) bond motifs is 2. The lowest BCUT2D eigenvalue weighted by Crippen LogP contribution is -2.30. The molecule has 0 saturated carbocycles. The highest BCUT2D eigenvalue weighted by Crippen LogP contribution is 2.19. The zero-order chi connectivity index (χ0) is 18.9. The van der Waals surface area contributed by atoms with Gasteiger partial charge in [0.25, 0.3) is 0 Å². The fourth-order valence-electron chi connectivity index (χ4n) is 4.37. The van der Waals surface area contributed by atoms with E-state index in [2.05, 4.69) is 73.5 Å². The Morgan fingerprint density at radius 3 is 1.82 bits per heavy atom. The van der Waals surface area contributed by atoms with Crippen LogP contribution < -0.4 is 0 Å². The number of nitrogens with one attached hydrogen (secondary N) is 2. The molecule has 1 saturated heterocycles. The van der Waals surface area contributed by atoms with Gasteiger partial charge in [0.15, 0.2) is 0 Å². The first-order chi connectivity index (χ1) is 13.7. The van der Waals surface area contributed by atoms with Crippen LogP contribution in [0.1, 0.15) is 18.1 Å². The minimum Gasteiger partial charge on any atom is -0.297 e. The summed E-state index contributed by atoms with van der Waals surface area (Å²) < 4.78 is 0. The Kier molecular flexibility index (Phi) is 4.58. The highest BCUT2D eigenvalue weighted by atomic mass is 15.2. The standard InChI is InChI=1S/C22H26N6/c1-16-12-27(14-17-2-4-19-10-23-25-21(19)8-17)6-7-28(13-16)15-18-3-5-20-11-24-26-22(20)9-18/h2-5,8-11,16H,6-7,12-15H2,1H3,(H,23,25)(H,24,26). The summed E-state index contributed by atoms with van der Waals surface area (Å²) in [5.41, 5.74) is 4.94. The van der Waals surface area contributed by atoms with E-state index in [1.807, 2.05) is 12.4 Å². The number of rotatable bonds is 4. The highest BCUT2D eigenvalue weighted by Gasteiger charge is 2.20. The van der Waals surface area contributed by atoms with Crippen LogP contribution in [0.2, 0.25) is 0 Å². The van der Waals surface area contributed by atoms with Crippen molar-refractivity contribution in [2.24, 2.45) is 5.92 Å². The van der Waals surface area contributed by atoms with Crippen molar-refractivity contribution in [1.29, 1.82) is 0 Å². The van der Waals surface area contributed by atoms with E-state index in [0.29, 0.717) is 5.92 Å². The molecule has 0 aliphatic carbocycles. The van der Waals surface area contributed by atoms with E-state index < -0.39 is 0 Å². The summed E-state index contributed by atoms with van der Waals surface area (Å²) in [6.45, 7) is 8.81. The van der Waals surface area contributed by atoms with Crippen molar-refractivity contribution in [3.63, 3.8) is 0 Å². The van der Waals surface area contributed by atoms with Gasteiger partial charge >= 0.3 is 0 Å². The number of aromatic amines is 2. The third-order valence-corrected chi connectivity index (χ3v) is 5.70. The minimum atomic E-state index is 0.647. The molecule has 0 amide bonds. The number of hydrogen-bond donors (Lipinski definition) is 2. The van der Waals surface area contributed by atoms with Crippen LogP contribution in [0.4, 0.5) is 0 Å². The molecule has 2 aromatic heterocycles. The summed E-state index contributed by atoms with van der Waals surface area (Å²) in [5, 5.41) is 16.8. The number of H-pyrrole nitrogens is 2. The Hall–Kier alpha value is -2.70. The monoisotopic (exact) mass is 374 g/mol. The van der Waals surface area contributed by atoms with Crippen LogP contribution in [0.25, 0.3) is 21.8 Å². The van der Waals surface area contributed by atoms with Gasteiger partial charge in [-0.2, -0.15) is 10.2 Å². The zero-order valence-electron chi connectivity index (χ0n) is 16.2. The average molecular weight is 374 g/mol. The van der Waals surface area contributed by atoms with Gasteiger partial charge in [-0.25, -0.2) is 0 Å². The fraction of sp³-hybridized carbons (Fsp3) is 0.364. The first-order valence-corrected chi connectivity index (χ1v) is 10.0. The molecule has 0 unspecified atom stereocenters. The first-order valence-electron chi connectivity index (χ1n) is 10.0. The molecule has 1 aliphatic heterocycles. The highest BCUT2D eigenvalue weighted by molar-refractivity contribution is 5.79. The normalized spacial score (nSPS) is 17.5. The largest absolute Gasteiger partial charge is 0.297 e. The molecule has 6 nitrogen and oxygen atoms in total. The summed E-state index contributed by atoms with van der Waals surface area (Å²) in [4.78, 5) is 5.17. The molecule has 1 fully saturated rings. The maximum Gasteiger partial charge on any atom is 0.0653 e. The number of nitrogens with zero attached hydrogens (tertiary/aromatic N) is 4. The number of benzene rings is 2. The Morgan fingerprint density at radius 2 is 1.32 bits per heavy atom. The molecule has 0 atom stereocenters. The van der Waals surface area contributed by atoms with Crippen LogP contribution in [0.15, 0.2) is 48.8 Å². The van der Waals surface area contributed by atoms with Gasteiger partial charge in [-0.1, -0.05) is 31.2 Å². The minimum absolute atomic E-state index is 0.647. The van der Waals surface area contributed by atoms with Crippen LogP contribution in [0.5, 0.6) is 0 Å². The fourth-order valence-corrected chi connectivity index (χ4v) is 4.37. The quantitative estimate of drug-likeness (QED) is 0.575. The molecule has 28 heavy (non-hydrogen) atoms. The summed E-state index contributed by atoms with van der Waals surface area (Å²) >= 11 is 0. The van der Waals surface area contributed by atoms with Gasteiger partial charge in [0, 0.05) is 50.0 Å². The molecule has 5 rings (SSSR count). The van der Waals surface area contributed by atoms with Gasteiger partial charge < -0.3 is 0 Å². The van der Waals surface area contributed by atoms with Crippen LogP contribution >= 0.6 is 0 Å². The van der Waals surface area contributed by atoms with E-state index in [1.54, 1.807) is 0 Å². The second-order valence-electron chi connectivity index (χ2n) is 8.16. The van der Waals surface area contributed by atoms with Gasteiger partial charge in [0.2, 0.25) is 0 Å². The molecular weight excluding hydrogens is 348 g/mol. The maximum atomic E-state index is 4.13. The molecule has 0 spiro atoms. The molecule has 144 valence electrons. The second-order valence-corrected chi connectivity index (χ2v) is 8.16. The molecular formula is C22H26N6. The lowest BCUT2D eigenvalue weighted by Gasteiger charge is -2.22. The van der Waals surface area contributed by atoms with Gasteiger partial charge in [-0.15, -0.1) is 0 Å². The molecule has 2 aromatic carbocycles. The molecule has 1 aliphatic rings. The lowest BCUT2D eigenvalue weighted by molar-refractivity contribution is 0.247. The van der Waals surface area contributed by atoms with E-state index in [4.69, 9.17) is 0 Å². The predicted molar refractivity (Wildman–Crippen MR) is 112 cm³/mol. The Morgan fingerprint density at radius 1 is 0.821 bits per heavy atom. The molecule has 0 bridgehead atoms. The summed E-state index contributed by atoms with van der Waals surface area (Å²) in [6, 6.07) is 13.2.